The van der Waals surface area contributed by atoms with E-state index in [0.717, 1.165) is 37.3 Å². The van der Waals surface area contributed by atoms with E-state index in [9.17, 15) is 9.18 Å². The van der Waals surface area contributed by atoms with E-state index in [1.807, 2.05) is 36.4 Å². The average molecular weight is 464 g/mol. The number of carbonyl (C=O) groups excluding carboxylic acids is 1. The van der Waals surface area contributed by atoms with Crippen molar-refractivity contribution in [3.05, 3.63) is 64.3 Å². The lowest BCUT2D eigenvalue weighted by molar-refractivity contribution is 0.0922. The highest BCUT2D eigenvalue weighted by molar-refractivity contribution is 6.43. The Hall–Kier alpha value is -2.28. The second kappa shape index (κ2) is 9.90. The fraction of sp³-hybridized carbons (Fsp3) is 0.348. The smallest absolute Gasteiger partial charge is 0.287 e. The first-order valence-electron chi connectivity index (χ1n) is 10.3. The van der Waals surface area contributed by atoms with Crippen LogP contribution >= 0.6 is 23.2 Å². The molecule has 0 saturated carbocycles. The molecule has 3 aromatic rings. The molecule has 0 aliphatic carbocycles. The molecule has 0 spiro atoms. The Balaban J connectivity index is 1.19. The fourth-order valence-electron chi connectivity index (χ4n) is 3.80. The largest absolute Gasteiger partial charge is 0.451 e. The van der Waals surface area contributed by atoms with Crippen molar-refractivity contribution < 1.29 is 13.6 Å². The van der Waals surface area contributed by atoms with E-state index in [1.165, 1.54) is 0 Å². The quantitative estimate of drug-likeness (QED) is 0.534. The summed E-state index contributed by atoms with van der Waals surface area (Å²) in [6, 6.07) is 14.7. The molecule has 8 heteroatoms. The van der Waals surface area contributed by atoms with Crippen LogP contribution in [0.3, 0.4) is 0 Å². The molecule has 1 fully saturated rings. The van der Waals surface area contributed by atoms with Crippen molar-refractivity contribution in [3.8, 4) is 0 Å². The number of fused-ring (bicyclic) bond motifs is 1. The number of alkyl halides is 1. The van der Waals surface area contributed by atoms with Crippen molar-refractivity contribution in [1.82, 2.24) is 10.2 Å². The summed E-state index contributed by atoms with van der Waals surface area (Å²) in [6.07, 6.45) is -0.760. The molecule has 1 N–H and O–H groups in total. The van der Waals surface area contributed by atoms with Gasteiger partial charge in [0.2, 0.25) is 0 Å². The van der Waals surface area contributed by atoms with Gasteiger partial charge in [0.25, 0.3) is 5.91 Å². The molecule has 2 aromatic carbocycles. The van der Waals surface area contributed by atoms with E-state index in [-0.39, 0.29) is 24.6 Å². The Kier molecular flexibility index (Phi) is 7.00. The minimum atomic E-state index is -1.02. The van der Waals surface area contributed by atoms with Gasteiger partial charge in [0.15, 0.2) is 5.76 Å². The van der Waals surface area contributed by atoms with Gasteiger partial charge in [-0.3, -0.25) is 9.69 Å². The molecule has 1 aliphatic rings. The number of carbonyl (C=O) groups is 1. The minimum absolute atomic E-state index is 0.243. The molecule has 31 heavy (non-hydrogen) atoms. The number of anilines is 1. The first-order valence-corrected chi connectivity index (χ1v) is 11.1. The lowest BCUT2D eigenvalue weighted by Crippen LogP contribution is -2.48. The summed E-state index contributed by atoms with van der Waals surface area (Å²) >= 11 is 12.4. The van der Waals surface area contributed by atoms with E-state index < -0.39 is 6.17 Å². The van der Waals surface area contributed by atoms with Crippen LogP contribution in [-0.2, 0) is 0 Å². The number of hydrogen-bond acceptors (Lipinski definition) is 4. The molecule has 1 aromatic heterocycles. The van der Waals surface area contributed by atoms with Crippen LogP contribution in [0.1, 0.15) is 17.0 Å². The summed E-state index contributed by atoms with van der Waals surface area (Å²) in [7, 11) is 0. The van der Waals surface area contributed by atoms with Crippen LogP contribution < -0.4 is 10.2 Å². The van der Waals surface area contributed by atoms with Crippen molar-refractivity contribution in [3.63, 3.8) is 0 Å². The molecule has 1 aliphatic heterocycles. The lowest BCUT2D eigenvalue weighted by Gasteiger charge is -2.37. The zero-order chi connectivity index (χ0) is 21.8. The van der Waals surface area contributed by atoms with Crippen molar-refractivity contribution in [1.29, 1.82) is 0 Å². The van der Waals surface area contributed by atoms with E-state index in [1.54, 1.807) is 12.1 Å². The van der Waals surface area contributed by atoms with Crippen molar-refractivity contribution in [2.75, 3.05) is 44.2 Å². The summed E-state index contributed by atoms with van der Waals surface area (Å²) in [5, 5.41) is 4.70. The van der Waals surface area contributed by atoms with Gasteiger partial charge in [-0.25, -0.2) is 4.39 Å². The minimum Gasteiger partial charge on any atom is -0.451 e. The average Bonchev–Trinajstić information content (AvgIpc) is 3.21. The Bertz CT molecular complexity index is 1020. The first kappa shape index (κ1) is 21.9. The third-order valence-electron chi connectivity index (χ3n) is 5.49. The Morgan fingerprint density at radius 2 is 1.87 bits per heavy atom. The van der Waals surface area contributed by atoms with Crippen LogP contribution in [0.2, 0.25) is 10.0 Å². The fourth-order valence-corrected chi connectivity index (χ4v) is 4.22. The summed E-state index contributed by atoms with van der Waals surface area (Å²) in [5.74, 6) is -0.0807. The number of benzene rings is 2. The number of nitrogens with one attached hydrogen (secondary N) is 1. The number of furan rings is 1. The molecule has 2 heterocycles. The van der Waals surface area contributed by atoms with E-state index in [2.05, 4.69) is 15.1 Å². The van der Waals surface area contributed by atoms with Crippen molar-refractivity contribution in [2.45, 2.75) is 12.6 Å². The zero-order valence-electron chi connectivity index (χ0n) is 17.0. The monoisotopic (exact) mass is 463 g/mol. The molecule has 0 radical (unpaired) electrons. The Labute approximate surface area is 190 Å². The van der Waals surface area contributed by atoms with Gasteiger partial charge in [0.05, 0.1) is 15.7 Å². The molecule has 0 bridgehead atoms. The standard InChI is InChI=1S/C23H24Cl2FN3O2/c24-18-5-3-6-19(22(18)25)29-12-10-28(11-13-29)15-17(26)8-9-27-23(30)21-14-16-4-1-2-7-20(16)31-21/h1-7,14,17H,8-13,15H2,(H,27,30)/t17-/m1/s1. The number of hydrogen-bond donors (Lipinski definition) is 1. The molecule has 4 rings (SSSR count). The molecule has 1 atom stereocenters. The van der Waals surface area contributed by atoms with Crippen LogP contribution in [0.25, 0.3) is 11.0 Å². The molecule has 164 valence electrons. The molecule has 1 saturated heterocycles. The number of amides is 1. The maximum Gasteiger partial charge on any atom is 0.287 e. The van der Waals surface area contributed by atoms with Gasteiger partial charge in [-0.1, -0.05) is 47.5 Å². The maximum atomic E-state index is 14.5. The van der Waals surface area contributed by atoms with Crippen LogP contribution in [0.5, 0.6) is 0 Å². The van der Waals surface area contributed by atoms with E-state index in [4.69, 9.17) is 27.6 Å². The Morgan fingerprint density at radius 1 is 1.10 bits per heavy atom. The molecule has 0 unspecified atom stereocenters. The summed E-state index contributed by atoms with van der Waals surface area (Å²) in [6.45, 7) is 3.61. The zero-order valence-corrected chi connectivity index (χ0v) is 18.5. The van der Waals surface area contributed by atoms with Crippen LogP contribution in [-0.4, -0.2) is 56.2 Å². The highest BCUT2D eigenvalue weighted by atomic mass is 35.5. The lowest BCUT2D eigenvalue weighted by atomic mass is 10.2. The van der Waals surface area contributed by atoms with E-state index >= 15 is 0 Å². The molecular weight excluding hydrogens is 440 g/mol. The van der Waals surface area contributed by atoms with Crippen LogP contribution in [0.15, 0.2) is 52.9 Å². The van der Waals surface area contributed by atoms with Gasteiger partial charge >= 0.3 is 0 Å². The van der Waals surface area contributed by atoms with Gasteiger partial charge in [-0.15, -0.1) is 0 Å². The van der Waals surface area contributed by atoms with Gasteiger partial charge in [0.1, 0.15) is 11.8 Å². The predicted molar refractivity (Wildman–Crippen MR) is 123 cm³/mol. The highest BCUT2D eigenvalue weighted by Crippen LogP contribution is 2.32. The summed E-state index contributed by atoms with van der Waals surface area (Å²) in [4.78, 5) is 16.5. The SMILES string of the molecule is O=C(NCC[C@@H](F)CN1CCN(c2cccc(Cl)c2Cl)CC1)c1cc2ccccc2o1. The van der Waals surface area contributed by atoms with Crippen LogP contribution in [0.4, 0.5) is 10.1 Å². The third-order valence-corrected chi connectivity index (χ3v) is 6.30. The molecule has 5 nitrogen and oxygen atoms in total. The number of nitrogens with zero attached hydrogens (tertiary/aromatic N) is 2. The first-order chi connectivity index (χ1) is 15.0. The van der Waals surface area contributed by atoms with Gasteiger partial charge < -0.3 is 14.6 Å². The van der Waals surface area contributed by atoms with Gasteiger partial charge in [-0.2, -0.15) is 0 Å². The number of piperazine rings is 1. The highest BCUT2D eigenvalue weighted by Gasteiger charge is 2.22. The molecular formula is C23H24Cl2FN3O2. The topological polar surface area (TPSA) is 48.7 Å². The van der Waals surface area contributed by atoms with Crippen molar-refractivity contribution >= 4 is 45.8 Å². The van der Waals surface area contributed by atoms with Gasteiger partial charge in [0, 0.05) is 44.7 Å². The normalized spacial score (nSPS) is 15.9. The van der Waals surface area contributed by atoms with Crippen molar-refractivity contribution in [2.24, 2.45) is 0 Å². The van der Waals surface area contributed by atoms with E-state index in [0.29, 0.717) is 22.2 Å². The number of rotatable bonds is 7. The second-order valence-electron chi connectivity index (χ2n) is 7.65. The molecule has 1 amide bonds. The van der Waals surface area contributed by atoms with Crippen LogP contribution in [0, 0.1) is 0 Å². The summed E-state index contributed by atoms with van der Waals surface area (Å²) in [5.41, 5.74) is 1.58. The number of para-hydroxylation sites is 1. The maximum absolute atomic E-state index is 14.5. The predicted octanol–water partition coefficient (Wildman–Crippen LogP) is 5.02. The number of halogens is 3. The second-order valence-corrected chi connectivity index (χ2v) is 8.44. The Morgan fingerprint density at radius 3 is 2.65 bits per heavy atom. The van der Waals surface area contributed by atoms with Gasteiger partial charge in [-0.05, 0) is 30.7 Å². The third kappa shape index (κ3) is 5.32. The summed E-state index contributed by atoms with van der Waals surface area (Å²) < 4.78 is 20.0.